The van der Waals surface area contributed by atoms with Crippen molar-refractivity contribution in [3.8, 4) is 0 Å². The Morgan fingerprint density at radius 3 is 2.67 bits per heavy atom. The van der Waals surface area contributed by atoms with Crippen LogP contribution in [-0.2, 0) is 5.75 Å². The van der Waals surface area contributed by atoms with Gasteiger partial charge in [0, 0.05) is 10.8 Å². The molecular weight excluding hydrogens is 238 g/mol. The molecule has 12 heavy (non-hydrogen) atoms. The van der Waals surface area contributed by atoms with E-state index in [4.69, 9.17) is 4.52 Å². The van der Waals surface area contributed by atoms with Crippen molar-refractivity contribution < 1.29 is 4.52 Å². The molecule has 0 aromatic carbocycles. The molecule has 0 saturated carbocycles. The van der Waals surface area contributed by atoms with E-state index in [0.717, 1.165) is 16.1 Å². The van der Waals surface area contributed by atoms with E-state index < -0.39 is 0 Å². The molecule has 0 unspecified atom stereocenters. The zero-order chi connectivity index (χ0) is 9.19. The SMILES string of the molecule is CC(C)(C)SCc1cc(Br)no1. The van der Waals surface area contributed by atoms with Gasteiger partial charge in [0.2, 0.25) is 0 Å². The van der Waals surface area contributed by atoms with Crippen molar-refractivity contribution in [2.75, 3.05) is 0 Å². The maximum absolute atomic E-state index is 5.04. The van der Waals surface area contributed by atoms with Gasteiger partial charge in [0.05, 0.1) is 5.75 Å². The molecule has 0 aliphatic rings. The van der Waals surface area contributed by atoms with E-state index in [0.29, 0.717) is 0 Å². The van der Waals surface area contributed by atoms with Crippen molar-refractivity contribution >= 4 is 27.7 Å². The summed E-state index contributed by atoms with van der Waals surface area (Å²) >= 11 is 5.08. The number of hydrogen-bond donors (Lipinski definition) is 0. The normalized spacial score (nSPS) is 12.0. The molecule has 0 saturated heterocycles. The van der Waals surface area contributed by atoms with Gasteiger partial charge in [-0.25, -0.2) is 0 Å². The maximum Gasteiger partial charge on any atom is 0.149 e. The second-order valence-electron chi connectivity index (χ2n) is 3.52. The van der Waals surface area contributed by atoms with Gasteiger partial charge < -0.3 is 4.52 Å². The third kappa shape index (κ3) is 3.63. The van der Waals surface area contributed by atoms with Crippen LogP contribution < -0.4 is 0 Å². The van der Waals surface area contributed by atoms with Crippen LogP contribution in [0.5, 0.6) is 0 Å². The third-order valence-electron chi connectivity index (χ3n) is 1.18. The Morgan fingerprint density at radius 1 is 1.58 bits per heavy atom. The van der Waals surface area contributed by atoms with Gasteiger partial charge in [0.1, 0.15) is 10.4 Å². The van der Waals surface area contributed by atoms with E-state index in [1.807, 2.05) is 17.8 Å². The fraction of sp³-hybridized carbons (Fsp3) is 0.625. The van der Waals surface area contributed by atoms with E-state index in [1.54, 1.807) is 0 Å². The van der Waals surface area contributed by atoms with Gasteiger partial charge in [-0.1, -0.05) is 25.9 Å². The second kappa shape index (κ2) is 3.83. The molecule has 1 rings (SSSR count). The lowest BCUT2D eigenvalue weighted by Gasteiger charge is -2.15. The van der Waals surface area contributed by atoms with Crippen molar-refractivity contribution in [3.63, 3.8) is 0 Å². The van der Waals surface area contributed by atoms with Crippen LogP contribution in [0.25, 0.3) is 0 Å². The van der Waals surface area contributed by atoms with Crippen molar-refractivity contribution in [2.45, 2.75) is 31.3 Å². The van der Waals surface area contributed by atoms with E-state index in [-0.39, 0.29) is 4.75 Å². The van der Waals surface area contributed by atoms with E-state index in [2.05, 4.69) is 41.9 Å². The molecule has 0 spiro atoms. The van der Waals surface area contributed by atoms with Gasteiger partial charge in [-0.15, -0.1) is 11.8 Å². The minimum Gasteiger partial charge on any atom is -0.359 e. The minimum absolute atomic E-state index is 0.277. The summed E-state index contributed by atoms with van der Waals surface area (Å²) in [6.45, 7) is 6.55. The van der Waals surface area contributed by atoms with Crippen LogP contribution in [0.1, 0.15) is 26.5 Å². The molecule has 0 fully saturated rings. The van der Waals surface area contributed by atoms with Crippen LogP contribution in [0.4, 0.5) is 0 Å². The first-order chi connectivity index (χ1) is 5.47. The summed E-state index contributed by atoms with van der Waals surface area (Å²) in [6, 6.07) is 1.90. The Kier molecular flexibility index (Phi) is 3.23. The van der Waals surface area contributed by atoms with Crippen molar-refractivity contribution in [1.29, 1.82) is 0 Å². The summed E-state index contributed by atoms with van der Waals surface area (Å²) < 4.78 is 6.09. The standard InChI is InChI=1S/C8H12BrNOS/c1-8(2,3)12-5-6-4-7(9)10-11-6/h4H,5H2,1-3H3. The summed E-state index contributed by atoms with van der Waals surface area (Å²) in [5.74, 6) is 1.80. The van der Waals surface area contributed by atoms with Crippen LogP contribution in [0.2, 0.25) is 0 Å². The summed E-state index contributed by atoms with van der Waals surface area (Å²) in [5.41, 5.74) is 0. The first-order valence-electron chi connectivity index (χ1n) is 3.72. The number of halogens is 1. The Labute approximate surface area is 85.2 Å². The predicted molar refractivity (Wildman–Crippen MR) is 55.3 cm³/mol. The molecule has 2 nitrogen and oxygen atoms in total. The van der Waals surface area contributed by atoms with E-state index in [9.17, 15) is 0 Å². The lowest BCUT2D eigenvalue weighted by Crippen LogP contribution is -2.07. The Balaban J connectivity index is 2.44. The van der Waals surface area contributed by atoms with Gasteiger partial charge in [0.15, 0.2) is 0 Å². The number of thioether (sulfide) groups is 1. The highest BCUT2D eigenvalue weighted by molar-refractivity contribution is 9.10. The molecule has 1 aromatic heterocycles. The van der Waals surface area contributed by atoms with E-state index >= 15 is 0 Å². The van der Waals surface area contributed by atoms with E-state index in [1.165, 1.54) is 0 Å². The Bertz CT molecular complexity index is 254. The summed E-state index contributed by atoms with van der Waals surface area (Å²) in [7, 11) is 0. The molecule has 0 N–H and O–H groups in total. The van der Waals surface area contributed by atoms with Gasteiger partial charge in [-0.05, 0) is 15.9 Å². The number of hydrogen-bond acceptors (Lipinski definition) is 3. The first-order valence-corrected chi connectivity index (χ1v) is 5.50. The fourth-order valence-corrected chi connectivity index (χ4v) is 1.68. The average Bonchev–Trinajstić information content (AvgIpc) is 2.30. The van der Waals surface area contributed by atoms with Gasteiger partial charge in [-0.2, -0.15) is 0 Å². The molecule has 4 heteroatoms. The summed E-state index contributed by atoms with van der Waals surface area (Å²) in [5, 5.41) is 3.75. The molecular formula is C8H12BrNOS. The van der Waals surface area contributed by atoms with Crippen molar-refractivity contribution in [1.82, 2.24) is 5.16 Å². The zero-order valence-electron chi connectivity index (χ0n) is 7.43. The topological polar surface area (TPSA) is 26.0 Å². The summed E-state index contributed by atoms with van der Waals surface area (Å²) in [6.07, 6.45) is 0. The fourth-order valence-electron chi connectivity index (χ4n) is 0.643. The van der Waals surface area contributed by atoms with Crippen molar-refractivity contribution in [2.24, 2.45) is 0 Å². The second-order valence-corrected chi connectivity index (χ2v) is 6.13. The zero-order valence-corrected chi connectivity index (χ0v) is 9.83. The smallest absolute Gasteiger partial charge is 0.149 e. The van der Waals surface area contributed by atoms with Gasteiger partial charge in [-0.3, -0.25) is 0 Å². The molecule has 1 heterocycles. The average molecular weight is 250 g/mol. The van der Waals surface area contributed by atoms with Gasteiger partial charge in [0.25, 0.3) is 0 Å². The van der Waals surface area contributed by atoms with Crippen molar-refractivity contribution in [3.05, 3.63) is 16.4 Å². The first kappa shape index (κ1) is 10.1. The Hall–Kier alpha value is 0.0400. The minimum atomic E-state index is 0.277. The molecule has 0 bridgehead atoms. The number of nitrogens with zero attached hydrogens (tertiary/aromatic N) is 1. The van der Waals surface area contributed by atoms with Crippen LogP contribution in [0.3, 0.4) is 0 Å². The van der Waals surface area contributed by atoms with Gasteiger partial charge >= 0.3 is 0 Å². The third-order valence-corrected chi connectivity index (χ3v) is 2.85. The maximum atomic E-state index is 5.04. The summed E-state index contributed by atoms with van der Waals surface area (Å²) in [4.78, 5) is 0. The highest BCUT2D eigenvalue weighted by Crippen LogP contribution is 2.27. The quantitative estimate of drug-likeness (QED) is 0.803. The number of aromatic nitrogens is 1. The lowest BCUT2D eigenvalue weighted by atomic mass is 10.3. The van der Waals surface area contributed by atoms with Crippen LogP contribution in [-0.4, -0.2) is 9.90 Å². The van der Waals surface area contributed by atoms with Crippen LogP contribution in [0, 0.1) is 0 Å². The molecule has 0 amide bonds. The molecule has 0 aliphatic heterocycles. The molecule has 0 atom stereocenters. The Morgan fingerprint density at radius 2 is 2.25 bits per heavy atom. The lowest BCUT2D eigenvalue weighted by molar-refractivity contribution is 0.391. The predicted octanol–water partition coefficient (Wildman–Crippen LogP) is 3.47. The molecule has 1 aromatic rings. The molecule has 0 aliphatic carbocycles. The van der Waals surface area contributed by atoms with Crippen LogP contribution in [0.15, 0.2) is 15.2 Å². The molecule has 0 radical (unpaired) electrons. The van der Waals surface area contributed by atoms with Crippen LogP contribution >= 0.6 is 27.7 Å². The number of rotatable bonds is 2. The monoisotopic (exact) mass is 249 g/mol. The highest BCUT2D eigenvalue weighted by atomic mass is 79.9. The highest BCUT2D eigenvalue weighted by Gasteiger charge is 2.12. The molecule has 68 valence electrons. The largest absolute Gasteiger partial charge is 0.359 e.